The molecule has 0 saturated carbocycles. The largest absolute Gasteiger partial charge is 0.411 e. The first-order valence-corrected chi connectivity index (χ1v) is 5.99. The van der Waals surface area contributed by atoms with E-state index in [9.17, 15) is 0 Å². The molecule has 1 aromatic rings. The van der Waals surface area contributed by atoms with Crippen molar-refractivity contribution in [3.8, 4) is 11.8 Å². The maximum Gasteiger partial charge on any atom is 0.122 e. The third-order valence-electron chi connectivity index (χ3n) is 2.40. The predicted octanol–water partition coefficient (Wildman–Crippen LogP) is 3.21. The van der Waals surface area contributed by atoms with Gasteiger partial charge in [0.25, 0.3) is 0 Å². The Balaban J connectivity index is 2.53. The molecular formula is C14H18N2O. The first kappa shape index (κ1) is 13.2. The number of unbranched alkanes of at least 4 members (excludes halogenated alkanes) is 4. The molecule has 0 aliphatic heterocycles. The normalized spacial score (nSPS) is 10.2. The first-order chi connectivity index (χ1) is 8.38. The van der Waals surface area contributed by atoms with Gasteiger partial charge >= 0.3 is 0 Å². The fourth-order valence-electron chi connectivity index (χ4n) is 1.47. The zero-order chi connectivity index (χ0) is 12.3. The molecule has 1 aromatic heterocycles. The summed E-state index contributed by atoms with van der Waals surface area (Å²) in [5.74, 6) is 6.12. The van der Waals surface area contributed by atoms with Crippen molar-refractivity contribution >= 4 is 6.21 Å². The van der Waals surface area contributed by atoms with E-state index >= 15 is 0 Å². The lowest BCUT2D eigenvalue weighted by Gasteiger charge is -1.95. The number of nitrogens with zero attached hydrogens (tertiary/aromatic N) is 2. The number of hydrogen-bond donors (Lipinski definition) is 1. The first-order valence-electron chi connectivity index (χ1n) is 5.99. The number of hydrogen-bond acceptors (Lipinski definition) is 3. The van der Waals surface area contributed by atoms with E-state index in [2.05, 4.69) is 28.9 Å². The molecule has 0 radical (unpaired) electrons. The fraction of sp³-hybridized carbons (Fsp3) is 0.429. The van der Waals surface area contributed by atoms with E-state index in [-0.39, 0.29) is 0 Å². The van der Waals surface area contributed by atoms with Gasteiger partial charge in [0.15, 0.2) is 0 Å². The van der Waals surface area contributed by atoms with Crippen molar-refractivity contribution in [3.63, 3.8) is 0 Å². The summed E-state index contributed by atoms with van der Waals surface area (Å²) in [6.45, 7) is 2.19. The standard InChI is InChI=1S/C14H18N2O/c1-2-3-4-5-6-7-10-14-13(12-16-17)9-8-11-15-14/h8-9,11-12,17H,2-6H2,1H3/b16-12+. The van der Waals surface area contributed by atoms with E-state index < -0.39 is 0 Å². The van der Waals surface area contributed by atoms with Crippen molar-refractivity contribution in [2.75, 3.05) is 0 Å². The monoisotopic (exact) mass is 230 g/mol. The van der Waals surface area contributed by atoms with E-state index in [1.165, 1.54) is 25.5 Å². The molecular weight excluding hydrogens is 212 g/mol. The molecule has 0 fully saturated rings. The molecule has 0 atom stereocenters. The van der Waals surface area contributed by atoms with Gasteiger partial charge in [-0.1, -0.05) is 37.3 Å². The van der Waals surface area contributed by atoms with Crippen molar-refractivity contribution in [2.24, 2.45) is 5.16 Å². The third-order valence-corrected chi connectivity index (χ3v) is 2.40. The van der Waals surface area contributed by atoms with E-state index in [0.29, 0.717) is 5.69 Å². The second-order valence-corrected chi connectivity index (χ2v) is 3.80. The molecule has 1 rings (SSSR count). The van der Waals surface area contributed by atoms with Crippen LogP contribution in [0.25, 0.3) is 0 Å². The number of pyridine rings is 1. The zero-order valence-electron chi connectivity index (χ0n) is 10.2. The SMILES string of the molecule is CCCCCCC#Cc1ncccc1/C=N/O. The number of oxime groups is 1. The molecule has 0 aliphatic carbocycles. The van der Waals surface area contributed by atoms with Crippen molar-refractivity contribution in [2.45, 2.75) is 39.0 Å². The summed E-state index contributed by atoms with van der Waals surface area (Å²) in [6, 6.07) is 3.62. The predicted molar refractivity (Wildman–Crippen MR) is 69.3 cm³/mol. The Morgan fingerprint density at radius 2 is 2.29 bits per heavy atom. The van der Waals surface area contributed by atoms with Gasteiger partial charge in [-0.2, -0.15) is 0 Å². The average Bonchev–Trinajstić information content (AvgIpc) is 2.36. The third kappa shape index (κ3) is 5.17. The van der Waals surface area contributed by atoms with Crippen LogP contribution < -0.4 is 0 Å². The van der Waals surface area contributed by atoms with Gasteiger partial charge in [0.05, 0.1) is 6.21 Å². The van der Waals surface area contributed by atoms with Crippen LogP contribution in [0.3, 0.4) is 0 Å². The van der Waals surface area contributed by atoms with Gasteiger partial charge in [-0.25, -0.2) is 4.98 Å². The van der Waals surface area contributed by atoms with Crippen LogP contribution in [-0.4, -0.2) is 16.4 Å². The number of aromatic nitrogens is 1. The quantitative estimate of drug-likeness (QED) is 0.277. The van der Waals surface area contributed by atoms with Crippen LogP contribution in [0, 0.1) is 11.8 Å². The second-order valence-electron chi connectivity index (χ2n) is 3.80. The molecule has 0 aliphatic rings. The van der Waals surface area contributed by atoms with Crippen LogP contribution in [0.5, 0.6) is 0 Å². The molecule has 17 heavy (non-hydrogen) atoms. The Morgan fingerprint density at radius 3 is 3.06 bits per heavy atom. The van der Waals surface area contributed by atoms with Gasteiger partial charge < -0.3 is 5.21 Å². The summed E-state index contributed by atoms with van der Waals surface area (Å²) in [6.07, 6.45) is 8.82. The van der Waals surface area contributed by atoms with E-state index in [0.717, 1.165) is 18.4 Å². The lowest BCUT2D eigenvalue weighted by Crippen LogP contribution is -1.91. The van der Waals surface area contributed by atoms with Crippen molar-refractivity contribution in [3.05, 3.63) is 29.6 Å². The van der Waals surface area contributed by atoms with Gasteiger partial charge in [-0.3, -0.25) is 0 Å². The molecule has 0 bridgehead atoms. The van der Waals surface area contributed by atoms with Gasteiger partial charge in [0.1, 0.15) is 5.69 Å². The highest BCUT2D eigenvalue weighted by atomic mass is 16.4. The lowest BCUT2D eigenvalue weighted by molar-refractivity contribution is 0.322. The van der Waals surface area contributed by atoms with Gasteiger partial charge in [0, 0.05) is 18.2 Å². The molecule has 1 heterocycles. The molecule has 0 aromatic carbocycles. The van der Waals surface area contributed by atoms with Crippen molar-refractivity contribution in [1.82, 2.24) is 4.98 Å². The van der Waals surface area contributed by atoms with Gasteiger partial charge in [-0.05, 0) is 24.5 Å². The number of rotatable bonds is 5. The van der Waals surface area contributed by atoms with Gasteiger partial charge in [-0.15, -0.1) is 0 Å². The lowest BCUT2D eigenvalue weighted by atomic mass is 10.1. The summed E-state index contributed by atoms with van der Waals surface area (Å²) in [7, 11) is 0. The second kappa shape index (κ2) is 8.35. The van der Waals surface area contributed by atoms with Crippen LogP contribution in [-0.2, 0) is 0 Å². The maximum absolute atomic E-state index is 8.51. The molecule has 0 saturated heterocycles. The summed E-state index contributed by atoms with van der Waals surface area (Å²) in [5.41, 5.74) is 1.41. The Kier molecular flexibility index (Phi) is 6.50. The minimum absolute atomic E-state index is 0.667. The summed E-state index contributed by atoms with van der Waals surface area (Å²) < 4.78 is 0. The molecule has 0 spiro atoms. The van der Waals surface area contributed by atoms with E-state index in [1.807, 2.05) is 6.07 Å². The smallest absolute Gasteiger partial charge is 0.122 e. The zero-order valence-corrected chi connectivity index (χ0v) is 10.2. The Hall–Kier alpha value is -1.82. The minimum atomic E-state index is 0.667. The maximum atomic E-state index is 8.51. The van der Waals surface area contributed by atoms with E-state index in [4.69, 9.17) is 5.21 Å². The molecule has 0 unspecified atom stereocenters. The molecule has 90 valence electrons. The Morgan fingerprint density at radius 1 is 1.41 bits per heavy atom. The highest BCUT2D eigenvalue weighted by Gasteiger charge is 1.96. The van der Waals surface area contributed by atoms with E-state index in [1.54, 1.807) is 12.3 Å². The molecule has 3 heteroatoms. The molecule has 1 N–H and O–H groups in total. The summed E-state index contributed by atoms with van der Waals surface area (Å²) >= 11 is 0. The van der Waals surface area contributed by atoms with Crippen molar-refractivity contribution < 1.29 is 5.21 Å². The van der Waals surface area contributed by atoms with Crippen LogP contribution in [0.4, 0.5) is 0 Å². The Labute approximate surface area is 103 Å². The van der Waals surface area contributed by atoms with Crippen LogP contribution in [0.1, 0.15) is 50.3 Å². The summed E-state index contributed by atoms with van der Waals surface area (Å²) in [5, 5.41) is 11.5. The highest BCUT2D eigenvalue weighted by Crippen LogP contribution is 2.03. The minimum Gasteiger partial charge on any atom is -0.411 e. The van der Waals surface area contributed by atoms with Crippen LogP contribution >= 0.6 is 0 Å². The topological polar surface area (TPSA) is 45.5 Å². The van der Waals surface area contributed by atoms with Crippen molar-refractivity contribution in [1.29, 1.82) is 0 Å². The molecule has 3 nitrogen and oxygen atoms in total. The Bertz CT molecular complexity index is 416. The highest BCUT2D eigenvalue weighted by molar-refractivity contribution is 5.81. The average molecular weight is 230 g/mol. The molecule has 0 amide bonds. The fourth-order valence-corrected chi connectivity index (χ4v) is 1.47. The van der Waals surface area contributed by atoms with Crippen LogP contribution in [0.2, 0.25) is 0 Å². The summed E-state index contributed by atoms with van der Waals surface area (Å²) in [4.78, 5) is 4.16. The van der Waals surface area contributed by atoms with Crippen LogP contribution in [0.15, 0.2) is 23.5 Å². The van der Waals surface area contributed by atoms with Gasteiger partial charge in [0.2, 0.25) is 0 Å².